The summed E-state index contributed by atoms with van der Waals surface area (Å²) in [7, 11) is 0. The van der Waals surface area contributed by atoms with Crippen LogP contribution in [-0.4, -0.2) is 16.0 Å². The van der Waals surface area contributed by atoms with E-state index in [2.05, 4.69) is 32.4 Å². The summed E-state index contributed by atoms with van der Waals surface area (Å²) >= 11 is 0. The van der Waals surface area contributed by atoms with Gasteiger partial charge >= 0.3 is 6.03 Å². The first-order valence-corrected chi connectivity index (χ1v) is 7.85. The number of urea groups is 1. The Morgan fingerprint density at radius 2 is 2.12 bits per heavy atom. The molecule has 24 heavy (non-hydrogen) atoms. The first-order chi connectivity index (χ1) is 11.7. The van der Waals surface area contributed by atoms with Gasteiger partial charge in [0.15, 0.2) is 0 Å². The summed E-state index contributed by atoms with van der Waals surface area (Å²) in [4.78, 5) is 20.0. The van der Waals surface area contributed by atoms with Gasteiger partial charge in [-0.3, -0.25) is 9.97 Å². The first-order valence-electron chi connectivity index (χ1n) is 7.85. The quantitative estimate of drug-likeness (QED) is 0.836. The number of carbonyl (C=O) groups excluding carboxylic acids is 1. The zero-order valence-corrected chi connectivity index (χ0v) is 12.8. The van der Waals surface area contributed by atoms with Crippen molar-refractivity contribution >= 4 is 11.7 Å². The fraction of sp³-hybridized carbons (Fsp3) is 0.278. The van der Waals surface area contributed by atoms with Crippen molar-refractivity contribution in [3.8, 4) is 11.8 Å². The molecule has 0 unspecified atom stereocenters. The van der Waals surface area contributed by atoms with Crippen LogP contribution in [0.2, 0.25) is 0 Å². The molecule has 2 heterocycles. The van der Waals surface area contributed by atoms with Crippen LogP contribution in [0.4, 0.5) is 14.9 Å². The Labute approximate surface area is 138 Å². The van der Waals surface area contributed by atoms with Crippen LogP contribution in [0.1, 0.15) is 35.7 Å². The molecule has 1 aliphatic carbocycles. The Hall–Kier alpha value is -2.94. The van der Waals surface area contributed by atoms with Gasteiger partial charge in [0.25, 0.3) is 0 Å². The van der Waals surface area contributed by atoms with E-state index >= 15 is 0 Å². The number of aromatic nitrogens is 2. The van der Waals surface area contributed by atoms with Gasteiger partial charge in [-0.1, -0.05) is 11.8 Å². The van der Waals surface area contributed by atoms with Crippen LogP contribution in [-0.2, 0) is 6.42 Å². The smallest absolute Gasteiger partial charge is 0.320 e. The van der Waals surface area contributed by atoms with Gasteiger partial charge in [-0.2, -0.15) is 0 Å². The lowest BCUT2D eigenvalue weighted by Gasteiger charge is -2.24. The fourth-order valence-corrected chi connectivity index (χ4v) is 2.64. The van der Waals surface area contributed by atoms with Gasteiger partial charge in [0.2, 0.25) is 0 Å². The third kappa shape index (κ3) is 3.06. The molecule has 120 valence electrons. The molecule has 4 rings (SSSR count). The van der Waals surface area contributed by atoms with Crippen LogP contribution in [0.3, 0.4) is 0 Å². The maximum atomic E-state index is 14.5. The predicted octanol–water partition coefficient (Wildman–Crippen LogP) is 2.80. The van der Waals surface area contributed by atoms with Crippen molar-refractivity contribution in [1.82, 2.24) is 15.3 Å². The van der Waals surface area contributed by atoms with E-state index in [-0.39, 0.29) is 11.8 Å². The highest BCUT2D eigenvalue weighted by atomic mass is 19.1. The molecule has 2 N–H and O–H groups in total. The number of fused-ring (bicyclic) bond motifs is 1. The van der Waals surface area contributed by atoms with Gasteiger partial charge in [-0.25, -0.2) is 9.18 Å². The Morgan fingerprint density at radius 3 is 2.88 bits per heavy atom. The van der Waals surface area contributed by atoms with E-state index < -0.39 is 6.04 Å². The highest BCUT2D eigenvalue weighted by Gasteiger charge is 2.25. The first kappa shape index (κ1) is 14.6. The summed E-state index contributed by atoms with van der Waals surface area (Å²) in [5.41, 5.74) is 2.38. The molecule has 2 amide bonds. The number of hydrogen-bond donors (Lipinski definition) is 2. The number of amides is 2. The monoisotopic (exact) mass is 322 g/mol. The average molecular weight is 322 g/mol. The Morgan fingerprint density at radius 1 is 1.25 bits per heavy atom. The molecule has 2 aromatic rings. The second kappa shape index (κ2) is 5.93. The Balaban J connectivity index is 1.67. The number of benzene rings is 1. The van der Waals surface area contributed by atoms with E-state index in [1.165, 1.54) is 6.07 Å². The van der Waals surface area contributed by atoms with E-state index in [0.29, 0.717) is 34.8 Å². The summed E-state index contributed by atoms with van der Waals surface area (Å²) < 4.78 is 14.5. The zero-order valence-electron chi connectivity index (χ0n) is 12.8. The lowest BCUT2D eigenvalue weighted by molar-refractivity contribution is 0.249. The third-order valence-electron chi connectivity index (χ3n) is 4.05. The summed E-state index contributed by atoms with van der Waals surface area (Å²) in [5, 5.41) is 5.47. The Bertz CT molecular complexity index is 853. The lowest BCUT2D eigenvalue weighted by Crippen LogP contribution is -2.37. The van der Waals surface area contributed by atoms with Gasteiger partial charge < -0.3 is 10.6 Å². The zero-order chi connectivity index (χ0) is 16.5. The number of halogens is 1. The summed E-state index contributed by atoms with van der Waals surface area (Å²) in [6.45, 7) is 0. The molecule has 0 bridgehead atoms. The molecule has 1 aromatic heterocycles. The van der Waals surface area contributed by atoms with Gasteiger partial charge in [0, 0.05) is 42.2 Å². The van der Waals surface area contributed by atoms with Crippen LogP contribution in [0.15, 0.2) is 30.7 Å². The van der Waals surface area contributed by atoms with Crippen molar-refractivity contribution in [2.75, 3.05) is 5.32 Å². The predicted molar refractivity (Wildman–Crippen MR) is 86.6 cm³/mol. The van der Waals surface area contributed by atoms with Crippen molar-refractivity contribution in [3.05, 3.63) is 53.4 Å². The van der Waals surface area contributed by atoms with E-state index in [4.69, 9.17) is 0 Å². The largest absolute Gasteiger partial charge is 0.320 e. The summed E-state index contributed by atoms with van der Waals surface area (Å²) in [5.74, 6) is 6.26. The molecular weight excluding hydrogens is 307 g/mol. The van der Waals surface area contributed by atoms with Crippen molar-refractivity contribution in [2.45, 2.75) is 25.3 Å². The van der Waals surface area contributed by atoms with Crippen LogP contribution in [0.25, 0.3) is 0 Å². The topological polar surface area (TPSA) is 66.9 Å². The maximum Gasteiger partial charge on any atom is 0.320 e. The SMILES string of the molecule is O=C1Nc2cc(Cc3cnccn3)c(F)cc2[C@H](C#CC2CC2)N1. The van der Waals surface area contributed by atoms with Crippen LogP contribution in [0, 0.1) is 23.6 Å². The molecule has 1 aromatic carbocycles. The average Bonchev–Trinajstić information content (AvgIpc) is 3.39. The number of nitrogens with one attached hydrogen (secondary N) is 2. The highest BCUT2D eigenvalue weighted by molar-refractivity contribution is 5.93. The standard InChI is InChI=1S/C18H15FN4O/c19-15-9-14-16(4-3-11-1-2-11)22-18(24)23-17(14)8-12(15)7-13-10-20-5-6-21-13/h5-6,8-11,16H,1-2,7H2,(H2,22,23,24)/t16-/m0/s1. The molecule has 6 heteroatoms. The second-order valence-electron chi connectivity index (χ2n) is 6.00. The normalized spacial score (nSPS) is 18.7. The molecule has 2 aliphatic rings. The minimum atomic E-state index is -0.477. The second-order valence-corrected chi connectivity index (χ2v) is 6.00. The highest BCUT2D eigenvalue weighted by Crippen LogP contribution is 2.32. The summed E-state index contributed by atoms with van der Waals surface area (Å²) in [6.07, 6.45) is 7.26. The molecule has 0 spiro atoms. The number of anilines is 1. The van der Waals surface area contributed by atoms with Crippen LogP contribution < -0.4 is 10.6 Å². The van der Waals surface area contributed by atoms with Gasteiger partial charge in [-0.15, -0.1) is 0 Å². The maximum absolute atomic E-state index is 14.5. The van der Waals surface area contributed by atoms with Crippen molar-refractivity contribution in [1.29, 1.82) is 0 Å². The minimum Gasteiger partial charge on any atom is -0.320 e. The molecule has 1 aliphatic heterocycles. The van der Waals surface area contributed by atoms with Crippen LogP contribution >= 0.6 is 0 Å². The fourth-order valence-electron chi connectivity index (χ4n) is 2.64. The molecule has 1 saturated carbocycles. The molecule has 0 radical (unpaired) electrons. The molecule has 0 saturated heterocycles. The van der Waals surface area contributed by atoms with Gasteiger partial charge in [0.1, 0.15) is 11.9 Å². The number of nitrogens with zero attached hydrogens (tertiary/aromatic N) is 2. The molecular formula is C18H15FN4O. The van der Waals surface area contributed by atoms with Crippen molar-refractivity contribution in [3.63, 3.8) is 0 Å². The minimum absolute atomic E-state index is 0.314. The lowest BCUT2D eigenvalue weighted by atomic mass is 9.98. The third-order valence-corrected chi connectivity index (χ3v) is 4.05. The van der Waals surface area contributed by atoms with Crippen LogP contribution in [0.5, 0.6) is 0 Å². The van der Waals surface area contributed by atoms with Crippen molar-refractivity contribution < 1.29 is 9.18 Å². The molecule has 1 fully saturated rings. The van der Waals surface area contributed by atoms with Crippen molar-refractivity contribution in [2.24, 2.45) is 5.92 Å². The molecule has 5 nitrogen and oxygen atoms in total. The number of carbonyl (C=O) groups is 1. The van der Waals surface area contributed by atoms with Gasteiger partial charge in [0.05, 0.1) is 5.69 Å². The number of hydrogen-bond acceptors (Lipinski definition) is 3. The van der Waals surface area contributed by atoms with Gasteiger partial charge in [-0.05, 0) is 30.5 Å². The van der Waals surface area contributed by atoms with E-state index in [0.717, 1.165) is 12.8 Å². The molecule has 1 atom stereocenters. The number of rotatable bonds is 2. The van der Waals surface area contributed by atoms with E-state index in [1.807, 2.05) is 0 Å². The van der Waals surface area contributed by atoms with E-state index in [9.17, 15) is 9.18 Å². The Kier molecular flexibility index (Phi) is 3.62. The summed E-state index contributed by atoms with van der Waals surface area (Å²) in [6, 6.07) is 2.30. The van der Waals surface area contributed by atoms with E-state index in [1.54, 1.807) is 24.7 Å².